The highest BCUT2D eigenvalue weighted by Gasteiger charge is 2.24. The van der Waals surface area contributed by atoms with Crippen molar-refractivity contribution in [3.63, 3.8) is 0 Å². The molecule has 1 aliphatic rings. The fourth-order valence-electron chi connectivity index (χ4n) is 4.07. The third-order valence-electron chi connectivity index (χ3n) is 5.94. The first-order valence-corrected chi connectivity index (χ1v) is 12.6. The Morgan fingerprint density at radius 3 is 2.41 bits per heavy atom. The molecule has 0 bridgehead atoms. The standard InChI is InChI=1S/C24H34N4O3S/c1-5-27(22-11-7-6-10-19(22)2)17-14-25-24(29)21-18-20(32(30,31)26(3)4)12-13-23(21)28-15-8-9-16-28/h6-7,10-13,18H,5,8-9,14-17H2,1-4H3,(H,25,29). The number of nitrogens with one attached hydrogen (secondary N) is 1. The van der Waals surface area contributed by atoms with Crippen LogP contribution in [-0.2, 0) is 10.0 Å². The van der Waals surface area contributed by atoms with Gasteiger partial charge in [0, 0.05) is 58.2 Å². The molecule has 0 atom stereocenters. The maximum absolute atomic E-state index is 13.2. The number of rotatable bonds is 9. The highest BCUT2D eigenvalue weighted by Crippen LogP contribution is 2.28. The van der Waals surface area contributed by atoms with Crippen molar-refractivity contribution in [2.24, 2.45) is 0 Å². The normalized spacial score (nSPS) is 14.1. The third kappa shape index (κ3) is 5.24. The van der Waals surface area contributed by atoms with Gasteiger partial charge >= 0.3 is 0 Å². The summed E-state index contributed by atoms with van der Waals surface area (Å²) in [5, 5.41) is 3.01. The van der Waals surface area contributed by atoms with Crippen LogP contribution in [0.3, 0.4) is 0 Å². The van der Waals surface area contributed by atoms with Gasteiger partial charge in [0.05, 0.1) is 10.5 Å². The number of likely N-dealkylation sites (N-methyl/N-ethyl adjacent to an activating group) is 1. The minimum atomic E-state index is -3.63. The molecule has 174 valence electrons. The quantitative estimate of drug-likeness (QED) is 0.625. The molecule has 3 rings (SSSR count). The Bertz CT molecular complexity index is 1050. The minimum absolute atomic E-state index is 0.130. The zero-order valence-corrected chi connectivity index (χ0v) is 20.3. The highest BCUT2D eigenvalue weighted by atomic mass is 32.2. The van der Waals surface area contributed by atoms with E-state index >= 15 is 0 Å². The molecule has 1 heterocycles. The zero-order valence-electron chi connectivity index (χ0n) is 19.5. The molecule has 7 nitrogen and oxygen atoms in total. The van der Waals surface area contributed by atoms with E-state index in [9.17, 15) is 13.2 Å². The molecule has 0 unspecified atom stereocenters. The largest absolute Gasteiger partial charge is 0.371 e. The molecule has 0 radical (unpaired) electrons. The number of carbonyl (C=O) groups excluding carboxylic acids is 1. The van der Waals surface area contributed by atoms with Crippen molar-refractivity contribution in [1.29, 1.82) is 0 Å². The molecule has 1 fully saturated rings. The lowest BCUT2D eigenvalue weighted by Crippen LogP contribution is -2.36. The Kier molecular flexibility index (Phi) is 7.79. The number of amides is 1. The lowest BCUT2D eigenvalue weighted by atomic mass is 10.1. The minimum Gasteiger partial charge on any atom is -0.371 e. The number of benzene rings is 2. The predicted molar refractivity (Wildman–Crippen MR) is 130 cm³/mol. The van der Waals surface area contributed by atoms with E-state index < -0.39 is 10.0 Å². The van der Waals surface area contributed by atoms with Crippen LogP contribution in [-0.4, -0.2) is 65.4 Å². The monoisotopic (exact) mass is 458 g/mol. The summed E-state index contributed by atoms with van der Waals surface area (Å²) < 4.78 is 26.5. The van der Waals surface area contributed by atoms with Crippen LogP contribution in [0.2, 0.25) is 0 Å². The van der Waals surface area contributed by atoms with E-state index in [0.717, 1.165) is 43.9 Å². The number of anilines is 2. The van der Waals surface area contributed by atoms with Gasteiger partial charge in [-0.25, -0.2) is 12.7 Å². The first-order chi connectivity index (χ1) is 15.3. The first kappa shape index (κ1) is 24.1. The van der Waals surface area contributed by atoms with Gasteiger partial charge in [-0.1, -0.05) is 18.2 Å². The Balaban J connectivity index is 1.80. The lowest BCUT2D eigenvalue weighted by molar-refractivity contribution is 0.0955. The van der Waals surface area contributed by atoms with Gasteiger partial charge in [-0.3, -0.25) is 4.79 Å². The number of sulfonamides is 1. The summed E-state index contributed by atoms with van der Waals surface area (Å²) in [5.74, 6) is -0.247. The molecule has 0 spiro atoms. The maximum atomic E-state index is 13.2. The maximum Gasteiger partial charge on any atom is 0.253 e. The van der Waals surface area contributed by atoms with E-state index in [2.05, 4.69) is 41.1 Å². The van der Waals surface area contributed by atoms with Crippen molar-refractivity contribution < 1.29 is 13.2 Å². The first-order valence-electron chi connectivity index (χ1n) is 11.2. The lowest BCUT2D eigenvalue weighted by Gasteiger charge is -2.26. The van der Waals surface area contributed by atoms with Gasteiger partial charge in [-0.05, 0) is 56.5 Å². The van der Waals surface area contributed by atoms with Gasteiger partial charge in [-0.2, -0.15) is 0 Å². The molecule has 1 aliphatic heterocycles. The molecular weight excluding hydrogens is 424 g/mol. The van der Waals surface area contributed by atoms with E-state index in [-0.39, 0.29) is 10.8 Å². The molecule has 2 aromatic carbocycles. The highest BCUT2D eigenvalue weighted by molar-refractivity contribution is 7.89. The fourth-order valence-corrected chi connectivity index (χ4v) is 5.00. The Labute approximate surface area is 192 Å². The molecular formula is C24H34N4O3S. The number of hydrogen-bond acceptors (Lipinski definition) is 5. The Morgan fingerprint density at radius 2 is 1.78 bits per heavy atom. The average Bonchev–Trinajstić information content (AvgIpc) is 3.31. The van der Waals surface area contributed by atoms with Crippen LogP contribution in [0.5, 0.6) is 0 Å². The smallest absolute Gasteiger partial charge is 0.253 e. The van der Waals surface area contributed by atoms with E-state index in [1.54, 1.807) is 12.1 Å². The molecule has 1 N–H and O–H groups in total. The molecule has 0 aromatic heterocycles. The van der Waals surface area contributed by atoms with Crippen molar-refractivity contribution in [1.82, 2.24) is 9.62 Å². The van der Waals surface area contributed by atoms with Crippen molar-refractivity contribution in [3.8, 4) is 0 Å². The van der Waals surface area contributed by atoms with Crippen molar-refractivity contribution in [3.05, 3.63) is 53.6 Å². The van der Waals surface area contributed by atoms with E-state index in [4.69, 9.17) is 0 Å². The molecule has 0 saturated carbocycles. The predicted octanol–water partition coefficient (Wildman–Crippen LogP) is 3.10. The van der Waals surface area contributed by atoms with Gasteiger partial charge in [0.25, 0.3) is 5.91 Å². The molecule has 2 aromatic rings. The van der Waals surface area contributed by atoms with Crippen LogP contribution >= 0.6 is 0 Å². The van der Waals surface area contributed by atoms with E-state index in [1.165, 1.54) is 30.0 Å². The van der Waals surface area contributed by atoms with Crippen LogP contribution in [0.1, 0.15) is 35.7 Å². The van der Waals surface area contributed by atoms with Gasteiger partial charge in [-0.15, -0.1) is 0 Å². The number of para-hydroxylation sites is 1. The summed E-state index contributed by atoms with van der Waals surface area (Å²) in [6.45, 7) is 7.88. The summed E-state index contributed by atoms with van der Waals surface area (Å²) in [6.07, 6.45) is 2.14. The average molecular weight is 459 g/mol. The zero-order chi connectivity index (χ0) is 23.3. The summed E-state index contributed by atoms with van der Waals surface area (Å²) in [5.41, 5.74) is 3.55. The molecule has 1 amide bonds. The summed E-state index contributed by atoms with van der Waals surface area (Å²) in [4.78, 5) is 17.7. The summed E-state index contributed by atoms with van der Waals surface area (Å²) in [6, 6.07) is 13.1. The topological polar surface area (TPSA) is 73.0 Å². The van der Waals surface area contributed by atoms with Crippen LogP contribution in [0, 0.1) is 6.92 Å². The van der Waals surface area contributed by atoms with Gasteiger partial charge in [0.15, 0.2) is 0 Å². The molecule has 8 heteroatoms. The van der Waals surface area contributed by atoms with Crippen LogP contribution in [0.25, 0.3) is 0 Å². The SMILES string of the molecule is CCN(CCNC(=O)c1cc(S(=O)(=O)N(C)C)ccc1N1CCCC1)c1ccccc1C. The second-order valence-electron chi connectivity index (χ2n) is 8.28. The van der Waals surface area contributed by atoms with Crippen molar-refractivity contribution in [2.45, 2.75) is 31.6 Å². The summed E-state index contributed by atoms with van der Waals surface area (Å²) >= 11 is 0. The second-order valence-corrected chi connectivity index (χ2v) is 10.4. The number of nitrogens with zero attached hydrogens (tertiary/aromatic N) is 3. The van der Waals surface area contributed by atoms with Crippen LogP contribution in [0.4, 0.5) is 11.4 Å². The third-order valence-corrected chi connectivity index (χ3v) is 7.75. The number of carbonyl (C=O) groups is 1. The van der Waals surface area contributed by atoms with Gasteiger partial charge in [0.1, 0.15) is 0 Å². The molecule has 32 heavy (non-hydrogen) atoms. The Morgan fingerprint density at radius 1 is 1.09 bits per heavy atom. The van der Waals surface area contributed by atoms with Crippen molar-refractivity contribution in [2.75, 3.05) is 56.6 Å². The Hall–Kier alpha value is -2.58. The van der Waals surface area contributed by atoms with Gasteiger partial charge in [0.2, 0.25) is 10.0 Å². The number of aryl methyl sites for hydroxylation is 1. The molecule has 1 saturated heterocycles. The van der Waals surface area contributed by atoms with E-state index in [1.807, 2.05) is 12.1 Å². The van der Waals surface area contributed by atoms with Gasteiger partial charge < -0.3 is 15.1 Å². The fraction of sp³-hybridized carbons (Fsp3) is 0.458. The van der Waals surface area contributed by atoms with Crippen LogP contribution in [0.15, 0.2) is 47.4 Å². The van der Waals surface area contributed by atoms with E-state index in [0.29, 0.717) is 18.7 Å². The van der Waals surface area contributed by atoms with Crippen molar-refractivity contribution >= 4 is 27.3 Å². The summed E-state index contributed by atoms with van der Waals surface area (Å²) in [7, 11) is -0.636. The van der Waals surface area contributed by atoms with Crippen LogP contribution < -0.4 is 15.1 Å². The number of hydrogen-bond donors (Lipinski definition) is 1. The second kappa shape index (κ2) is 10.4. The molecule has 0 aliphatic carbocycles.